The van der Waals surface area contributed by atoms with E-state index in [-0.39, 0.29) is 11.9 Å². The Morgan fingerprint density at radius 2 is 1.59 bits per heavy atom. The van der Waals surface area contributed by atoms with Crippen LogP contribution >= 0.6 is 0 Å². The van der Waals surface area contributed by atoms with Crippen LogP contribution in [-0.4, -0.2) is 41.9 Å². The van der Waals surface area contributed by atoms with E-state index in [1.807, 2.05) is 11.9 Å². The van der Waals surface area contributed by atoms with Crippen LogP contribution in [0, 0.1) is 0 Å². The first-order valence-electron chi connectivity index (χ1n) is 9.96. The summed E-state index contributed by atoms with van der Waals surface area (Å²) in [4.78, 5) is 16.3. The molecule has 1 aliphatic carbocycles. The molecule has 0 N–H and O–H groups in total. The average Bonchev–Trinajstić information content (AvgIpc) is 3.35. The van der Waals surface area contributed by atoms with E-state index in [1.54, 1.807) is 13.0 Å². The first-order chi connectivity index (χ1) is 13.8. The Bertz CT molecular complexity index is 816. The highest BCUT2D eigenvalue weighted by Crippen LogP contribution is 2.39. The van der Waals surface area contributed by atoms with Gasteiger partial charge in [0.05, 0.1) is 11.6 Å². The molecule has 1 heterocycles. The van der Waals surface area contributed by atoms with Gasteiger partial charge in [-0.05, 0) is 43.5 Å². The molecule has 3 nitrogen and oxygen atoms in total. The summed E-state index contributed by atoms with van der Waals surface area (Å²) in [6, 6.07) is 15.7. The maximum absolute atomic E-state index is 11.8. The average molecular weight is 404 g/mol. The van der Waals surface area contributed by atoms with Gasteiger partial charge in [0, 0.05) is 20.0 Å². The van der Waals surface area contributed by atoms with E-state index in [4.69, 9.17) is 0 Å². The zero-order chi connectivity index (χ0) is 21.0. The molecule has 156 valence electrons. The van der Waals surface area contributed by atoms with Gasteiger partial charge in [0.1, 0.15) is 0 Å². The van der Waals surface area contributed by atoms with Gasteiger partial charge >= 0.3 is 6.18 Å². The van der Waals surface area contributed by atoms with Gasteiger partial charge in [0.15, 0.2) is 0 Å². The lowest BCUT2D eigenvalue weighted by atomic mass is 10.0. The summed E-state index contributed by atoms with van der Waals surface area (Å²) in [7, 11) is 1.94. The second kappa shape index (κ2) is 8.99. The van der Waals surface area contributed by atoms with Crippen molar-refractivity contribution in [2.24, 2.45) is 0 Å². The number of hydrogen-bond acceptors (Lipinski definition) is 2. The minimum atomic E-state index is -4.21. The Balaban J connectivity index is 0.000000204. The van der Waals surface area contributed by atoms with E-state index in [0.717, 1.165) is 18.6 Å². The lowest BCUT2D eigenvalue weighted by molar-refractivity contribution is -0.137. The molecule has 1 aliphatic heterocycles. The molecule has 2 aromatic rings. The highest BCUT2D eigenvalue weighted by molar-refractivity contribution is 5.74. The number of carbonyl (C=O) groups is 1. The minimum Gasteiger partial charge on any atom is -0.337 e. The van der Waals surface area contributed by atoms with E-state index in [9.17, 15) is 18.0 Å². The molecule has 2 unspecified atom stereocenters. The van der Waals surface area contributed by atoms with Crippen molar-refractivity contribution in [2.45, 2.75) is 44.4 Å². The summed E-state index contributed by atoms with van der Waals surface area (Å²) in [5, 5.41) is 0. The lowest BCUT2D eigenvalue weighted by Gasteiger charge is -2.35. The van der Waals surface area contributed by atoms with E-state index >= 15 is 0 Å². The fourth-order valence-corrected chi connectivity index (χ4v) is 4.24. The predicted molar refractivity (Wildman–Crippen MR) is 107 cm³/mol. The van der Waals surface area contributed by atoms with E-state index < -0.39 is 11.7 Å². The molecule has 1 saturated heterocycles. The molecule has 2 aromatic carbocycles. The number of amides is 1. The van der Waals surface area contributed by atoms with Crippen LogP contribution in [0.4, 0.5) is 13.2 Å². The van der Waals surface area contributed by atoms with Crippen LogP contribution in [0.5, 0.6) is 0 Å². The molecule has 0 saturated carbocycles. The summed E-state index contributed by atoms with van der Waals surface area (Å²) in [5.74, 6) is 0.158. The first-order valence-corrected chi connectivity index (χ1v) is 9.96. The zero-order valence-corrected chi connectivity index (χ0v) is 16.8. The third kappa shape index (κ3) is 4.99. The molecule has 0 aromatic heterocycles. The highest BCUT2D eigenvalue weighted by atomic mass is 19.4. The smallest absolute Gasteiger partial charge is 0.337 e. The van der Waals surface area contributed by atoms with E-state index in [2.05, 4.69) is 29.2 Å². The van der Waals surface area contributed by atoms with Gasteiger partial charge in [-0.15, -0.1) is 0 Å². The maximum Gasteiger partial charge on any atom is 0.416 e. The number of hydrogen-bond donors (Lipinski definition) is 0. The lowest BCUT2D eigenvalue weighted by Crippen LogP contribution is -2.43. The summed E-state index contributed by atoms with van der Waals surface area (Å²) < 4.78 is 35.4. The van der Waals surface area contributed by atoms with Crippen LogP contribution in [-0.2, 0) is 17.4 Å². The highest BCUT2D eigenvalue weighted by Gasteiger charge is 2.40. The first kappa shape index (κ1) is 21.4. The minimum absolute atomic E-state index is 0.158. The Hall–Kier alpha value is -2.34. The molecule has 6 heteroatoms. The van der Waals surface area contributed by atoms with Crippen LogP contribution in [0.15, 0.2) is 54.6 Å². The van der Waals surface area contributed by atoms with Gasteiger partial charge in [-0.3, -0.25) is 9.69 Å². The van der Waals surface area contributed by atoms with Crippen LogP contribution in [0.1, 0.15) is 42.5 Å². The van der Waals surface area contributed by atoms with Gasteiger partial charge in [0.25, 0.3) is 0 Å². The number of alkyl halides is 3. The fraction of sp³-hybridized carbons (Fsp3) is 0.435. The Morgan fingerprint density at radius 1 is 1.00 bits per heavy atom. The van der Waals surface area contributed by atoms with Crippen molar-refractivity contribution in [2.75, 3.05) is 20.1 Å². The Labute approximate surface area is 170 Å². The summed E-state index contributed by atoms with van der Waals surface area (Å²) in [6.45, 7) is 4.03. The Kier molecular flexibility index (Phi) is 6.63. The molecule has 4 rings (SSSR count). The number of likely N-dealkylation sites (N-methyl/N-ethyl adjacent to an activating group) is 1. The number of halogens is 3. The molecule has 2 atom stereocenters. The molecule has 29 heavy (non-hydrogen) atoms. The van der Waals surface area contributed by atoms with Crippen molar-refractivity contribution in [1.29, 1.82) is 0 Å². The second-order valence-electron chi connectivity index (χ2n) is 7.65. The van der Waals surface area contributed by atoms with E-state index in [1.165, 1.54) is 49.2 Å². The van der Waals surface area contributed by atoms with Crippen LogP contribution in [0.25, 0.3) is 0 Å². The van der Waals surface area contributed by atoms with Crippen LogP contribution in [0.3, 0.4) is 0 Å². The Morgan fingerprint density at radius 3 is 2.14 bits per heavy atom. The molecular weight excluding hydrogens is 377 g/mol. The van der Waals surface area contributed by atoms with Crippen molar-refractivity contribution in [1.82, 2.24) is 9.80 Å². The summed E-state index contributed by atoms with van der Waals surface area (Å²) in [5.41, 5.74) is 2.16. The largest absolute Gasteiger partial charge is 0.416 e. The van der Waals surface area contributed by atoms with Crippen molar-refractivity contribution in [3.05, 3.63) is 71.3 Å². The number of rotatable bonds is 2. The van der Waals surface area contributed by atoms with Gasteiger partial charge in [-0.2, -0.15) is 13.2 Å². The monoisotopic (exact) mass is 404 g/mol. The number of fused-ring (bicyclic) bond motifs is 1. The molecule has 0 spiro atoms. The molecule has 1 amide bonds. The summed E-state index contributed by atoms with van der Waals surface area (Å²) >= 11 is 0. The third-order valence-corrected chi connectivity index (χ3v) is 5.79. The predicted octanol–water partition coefficient (Wildman–Crippen LogP) is 4.93. The molecule has 2 aliphatic rings. The van der Waals surface area contributed by atoms with Crippen LogP contribution in [0.2, 0.25) is 0 Å². The third-order valence-electron chi connectivity index (χ3n) is 5.79. The van der Waals surface area contributed by atoms with Crippen molar-refractivity contribution in [3.8, 4) is 0 Å². The second-order valence-corrected chi connectivity index (χ2v) is 7.65. The quantitative estimate of drug-likeness (QED) is 0.709. The zero-order valence-electron chi connectivity index (χ0n) is 16.8. The standard InChI is InChI=1S/C16H22N2O.C7H5F3/c1-12(19)17(2)16-14-8-4-3-7-13(14)11-15(16)18-9-5-6-10-18;8-7(9,10)6-4-2-1-3-5-6/h3-4,7-8,15-16H,5-6,9-11H2,1-2H3;1-5H. The van der Waals surface area contributed by atoms with Crippen LogP contribution < -0.4 is 0 Å². The molecule has 0 radical (unpaired) electrons. The van der Waals surface area contributed by atoms with E-state index in [0.29, 0.717) is 6.04 Å². The number of carbonyl (C=O) groups excluding carboxylic acids is 1. The van der Waals surface area contributed by atoms with Gasteiger partial charge < -0.3 is 4.90 Å². The van der Waals surface area contributed by atoms with Gasteiger partial charge in [0.2, 0.25) is 5.91 Å². The van der Waals surface area contributed by atoms with Crippen molar-refractivity contribution in [3.63, 3.8) is 0 Å². The fourth-order valence-electron chi connectivity index (χ4n) is 4.24. The van der Waals surface area contributed by atoms with Crippen molar-refractivity contribution >= 4 is 5.91 Å². The maximum atomic E-state index is 11.8. The van der Waals surface area contributed by atoms with Gasteiger partial charge in [-0.1, -0.05) is 54.6 Å². The van der Waals surface area contributed by atoms with Gasteiger partial charge in [-0.25, -0.2) is 0 Å². The SMILES string of the molecule is CC(=O)N(C)C1c2ccccc2CC1N1CCCC1.FC(F)(F)c1ccccc1. The summed E-state index contributed by atoms with van der Waals surface area (Å²) in [6.07, 6.45) is -0.535. The number of nitrogens with zero attached hydrogens (tertiary/aromatic N) is 2. The molecule has 0 bridgehead atoms. The number of benzene rings is 2. The topological polar surface area (TPSA) is 23.6 Å². The molecular formula is C23H27F3N2O. The molecule has 1 fully saturated rings. The normalized spacial score (nSPS) is 21.3. The number of likely N-dealkylation sites (tertiary alicyclic amines) is 1. The van der Waals surface area contributed by atoms with Crippen molar-refractivity contribution < 1.29 is 18.0 Å².